The monoisotopic (exact) mass is 555 g/mol. The van der Waals surface area contributed by atoms with Crippen molar-refractivity contribution in [2.75, 3.05) is 36.4 Å². The Morgan fingerprint density at radius 2 is 1.70 bits per heavy atom. The standard InChI is InChI=1S/C29H32F3N5O3/c30-29(31,32)22-17-23(19-7-3-1-4-8-19)35-25(22)27(39)34-21-11-12-24(33-18-21)36-13-15-37(16-14-36)28(40)26(38)20-9-5-2-6-10-20/h1,3-4,7-8,11-12,17-18,20,26,35,38H,2,5-6,9-10,13-16H2,(H,34,39)/t26-/m0/s1. The van der Waals surface area contributed by atoms with E-state index in [0.29, 0.717) is 37.6 Å². The second kappa shape index (κ2) is 11.7. The van der Waals surface area contributed by atoms with Crippen molar-refractivity contribution in [3.05, 3.63) is 66.0 Å². The Morgan fingerprint density at radius 1 is 1.00 bits per heavy atom. The van der Waals surface area contributed by atoms with Crippen molar-refractivity contribution in [1.82, 2.24) is 14.9 Å². The highest BCUT2D eigenvalue weighted by molar-refractivity contribution is 6.04. The molecule has 3 heterocycles. The number of benzene rings is 1. The Bertz CT molecular complexity index is 1310. The minimum absolute atomic E-state index is 0.0341. The van der Waals surface area contributed by atoms with Crippen LogP contribution in [0.1, 0.15) is 48.2 Å². The van der Waals surface area contributed by atoms with Crippen LogP contribution in [0.25, 0.3) is 11.3 Å². The van der Waals surface area contributed by atoms with Crippen LogP contribution in [0.15, 0.2) is 54.7 Å². The predicted molar refractivity (Wildman–Crippen MR) is 145 cm³/mol. The number of amides is 2. The van der Waals surface area contributed by atoms with Gasteiger partial charge >= 0.3 is 6.18 Å². The molecular weight excluding hydrogens is 523 g/mol. The molecule has 3 N–H and O–H groups in total. The third-order valence-corrected chi connectivity index (χ3v) is 7.71. The number of aliphatic hydroxyl groups excluding tert-OH is 1. The molecule has 8 nitrogen and oxygen atoms in total. The largest absolute Gasteiger partial charge is 0.418 e. The second-order valence-electron chi connectivity index (χ2n) is 10.3. The van der Waals surface area contributed by atoms with Gasteiger partial charge in [0.25, 0.3) is 11.8 Å². The van der Waals surface area contributed by atoms with Gasteiger partial charge in [-0.25, -0.2) is 4.98 Å². The summed E-state index contributed by atoms with van der Waals surface area (Å²) in [7, 11) is 0. The highest BCUT2D eigenvalue weighted by atomic mass is 19.4. The first-order valence-corrected chi connectivity index (χ1v) is 13.6. The molecule has 2 aliphatic rings. The van der Waals surface area contributed by atoms with Gasteiger partial charge in [0.1, 0.15) is 17.6 Å². The molecule has 1 saturated heterocycles. The number of aliphatic hydroxyl groups is 1. The maximum atomic E-state index is 13.7. The van der Waals surface area contributed by atoms with E-state index in [1.807, 2.05) is 4.90 Å². The number of anilines is 2. The second-order valence-corrected chi connectivity index (χ2v) is 10.3. The summed E-state index contributed by atoms with van der Waals surface area (Å²) >= 11 is 0. The number of hydrogen-bond donors (Lipinski definition) is 3. The lowest BCUT2D eigenvalue weighted by Gasteiger charge is -2.37. The van der Waals surface area contributed by atoms with Crippen molar-refractivity contribution in [2.45, 2.75) is 44.4 Å². The quantitative estimate of drug-likeness (QED) is 0.400. The average molecular weight is 556 g/mol. The number of halogens is 3. The number of aromatic nitrogens is 2. The van der Waals surface area contributed by atoms with Crippen LogP contribution in [0.3, 0.4) is 0 Å². The van der Waals surface area contributed by atoms with E-state index in [9.17, 15) is 27.9 Å². The molecule has 0 spiro atoms. The molecule has 1 aliphatic heterocycles. The molecule has 1 aromatic carbocycles. The van der Waals surface area contributed by atoms with E-state index in [1.54, 1.807) is 47.4 Å². The van der Waals surface area contributed by atoms with E-state index in [1.165, 1.54) is 6.20 Å². The number of nitrogens with zero attached hydrogens (tertiary/aromatic N) is 3. The van der Waals surface area contributed by atoms with Gasteiger partial charge in [0.2, 0.25) is 0 Å². The molecule has 40 heavy (non-hydrogen) atoms. The summed E-state index contributed by atoms with van der Waals surface area (Å²) in [6.07, 6.45) is 0.753. The summed E-state index contributed by atoms with van der Waals surface area (Å²) in [5, 5.41) is 13.1. The first-order chi connectivity index (χ1) is 19.2. The number of piperazine rings is 1. The topological polar surface area (TPSA) is 102 Å². The van der Waals surface area contributed by atoms with E-state index in [2.05, 4.69) is 15.3 Å². The fourth-order valence-corrected chi connectivity index (χ4v) is 5.47. The molecular formula is C29H32F3N5O3. The molecule has 1 atom stereocenters. The van der Waals surface area contributed by atoms with Crippen LogP contribution in [-0.2, 0) is 11.0 Å². The van der Waals surface area contributed by atoms with Crippen molar-refractivity contribution in [2.24, 2.45) is 5.92 Å². The van der Waals surface area contributed by atoms with Crippen LogP contribution in [-0.4, -0.2) is 64.1 Å². The van der Waals surface area contributed by atoms with E-state index in [0.717, 1.165) is 38.2 Å². The van der Waals surface area contributed by atoms with Crippen molar-refractivity contribution in [3.8, 4) is 11.3 Å². The summed E-state index contributed by atoms with van der Waals surface area (Å²) < 4.78 is 41.1. The van der Waals surface area contributed by atoms with Crippen LogP contribution < -0.4 is 10.2 Å². The number of hydrogen-bond acceptors (Lipinski definition) is 5. The van der Waals surface area contributed by atoms with Gasteiger partial charge in [-0.3, -0.25) is 9.59 Å². The van der Waals surface area contributed by atoms with Gasteiger partial charge in [-0.05, 0) is 42.5 Å². The Hall–Kier alpha value is -3.86. The molecule has 212 valence electrons. The lowest BCUT2D eigenvalue weighted by molar-refractivity contribution is -0.144. The Kier molecular flexibility index (Phi) is 8.11. The number of carbonyl (C=O) groups is 2. The minimum Gasteiger partial charge on any atom is -0.383 e. The summed E-state index contributed by atoms with van der Waals surface area (Å²) in [6.45, 7) is 1.97. The van der Waals surface area contributed by atoms with Gasteiger partial charge in [-0.1, -0.05) is 49.6 Å². The molecule has 3 aromatic rings. The van der Waals surface area contributed by atoms with Gasteiger partial charge in [0.05, 0.1) is 17.4 Å². The molecule has 11 heteroatoms. The molecule has 0 radical (unpaired) electrons. The molecule has 2 fully saturated rings. The van der Waals surface area contributed by atoms with Crippen LogP contribution in [0.4, 0.5) is 24.7 Å². The van der Waals surface area contributed by atoms with E-state index < -0.39 is 29.4 Å². The van der Waals surface area contributed by atoms with Crippen molar-refractivity contribution in [3.63, 3.8) is 0 Å². The van der Waals surface area contributed by atoms with Gasteiger partial charge in [0.15, 0.2) is 0 Å². The normalized spacial score (nSPS) is 17.5. The fourth-order valence-electron chi connectivity index (χ4n) is 5.47. The van der Waals surface area contributed by atoms with Crippen LogP contribution in [0.2, 0.25) is 0 Å². The molecule has 1 saturated carbocycles. The zero-order valence-corrected chi connectivity index (χ0v) is 22.0. The maximum Gasteiger partial charge on any atom is 0.418 e. The van der Waals surface area contributed by atoms with E-state index in [-0.39, 0.29) is 23.2 Å². The van der Waals surface area contributed by atoms with Gasteiger partial charge < -0.3 is 25.2 Å². The van der Waals surface area contributed by atoms with Gasteiger partial charge in [-0.15, -0.1) is 0 Å². The number of pyridine rings is 1. The third-order valence-electron chi connectivity index (χ3n) is 7.71. The SMILES string of the molecule is O=C(Nc1ccc(N2CCN(C(=O)[C@@H](O)C3CCCCC3)CC2)nc1)c1[nH]c(-c2ccccc2)cc1C(F)(F)F. The molecule has 5 rings (SSSR count). The molecule has 0 unspecified atom stereocenters. The molecule has 1 aliphatic carbocycles. The van der Waals surface area contributed by atoms with Crippen LogP contribution >= 0.6 is 0 Å². The lowest BCUT2D eigenvalue weighted by atomic mass is 9.85. The van der Waals surface area contributed by atoms with Gasteiger partial charge in [0, 0.05) is 31.9 Å². The number of aromatic amines is 1. The lowest BCUT2D eigenvalue weighted by Crippen LogP contribution is -2.53. The maximum absolute atomic E-state index is 13.7. The van der Waals surface area contributed by atoms with Crippen molar-refractivity contribution in [1.29, 1.82) is 0 Å². The Morgan fingerprint density at radius 3 is 2.33 bits per heavy atom. The highest BCUT2D eigenvalue weighted by Crippen LogP contribution is 2.35. The average Bonchev–Trinajstić information content (AvgIpc) is 3.45. The van der Waals surface area contributed by atoms with E-state index >= 15 is 0 Å². The molecule has 2 amide bonds. The smallest absolute Gasteiger partial charge is 0.383 e. The first-order valence-electron chi connectivity index (χ1n) is 13.6. The van der Waals surface area contributed by atoms with Crippen LogP contribution in [0.5, 0.6) is 0 Å². The number of nitrogens with one attached hydrogen (secondary N) is 2. The Balaban J connectivity index is 1.20. The zero-order valence-electron chi connectivity index (χ0n) is 22.0. The third kappa shape index (κ3) is 6.14. The number of alkyl halides is 3. The van der Waals surface area contributed by atoms with Crippen LogP contribution in [0, 0.1) is 5.92 Å². The fraction of sp³-hybridized carbons (Fsp3) is 0.414. The van der Waals surface area contributed by atoms with E-state index in [4.69, 9.17) is 0 Å². The number of carbonyl (C=O) groups excluding carboxylic acids is 2. The highest BCUT2D eigenvalue weighted by Gasteiger charge is 2.37. The summed E-state index contributed by atoms with van der Waals surface area (Å²) in [5.41, 5.74) is -0.651. The van der Waals surface area contributed by atoms with Gasteiger partial charge in [-0.2, -0.15) is 13.2 Å². The minimum atomic E-state index is -4.71. The summed E-state index contributed by atoms with van der Waals surface area (Å²) in [5.74, 6) is -0.477. The first kappa shape index (κ1) is 27.7. The van der Waals surface area contributed by atoms with Crippen molar-refractivity contribution < 1.29 is 27.9 Å². The zero-order chi connectivity index (χ0) is 28.3. The Labute approximate surface area is 230 Å². The summed E-state index contributed by atoms with van der Waals surface area (Å²) in [6, 6.07) is 12.7. The number of H-pyrrole nitrogens is 1. The molecule has 2 aromatic heterocycles. The molecule has 0 bridgehead atoms. The van der Waals surface area contributed by atoms with Crippen molar-refractivity contribution >= 4 is 23.3 Å². The predicted octanol–water partition coefficient (Wildman–Crippen LogP) is 4.94. The number of rotatable bonds is 6. The summed E-state index contributed by atoms with van der Waals surface area (Å²) in [4.78, 5) is 36.3.